The maximum Gasteiger partial charge on any atom is 0.325 e. The van der Waals surface area contributed by atoms with Crippen molar-refractivity contribution in [3.05, 3.63) is 35.1 Å². The van der Waals surface area contributed by atoms with Crippen molar-refractivity contribution in [2.75, 3.05) is 20.2 Å². The zero-order valence-corrected chi connectivity index (χ0v) is 10.4. The Bertz CT molecular complexity index is 482. The molecule has 0 bridgehead atoms. The Morgan fingerprint density at radius 3 is 2.16 bits per heavy atom. The van der Waals surface area contributed by atoms with Gasteiger partial charge in [-0.05, 0) is 19.1 Å². The largest absolute Gasteiger partial charge is 0.468 e. The molecule has 0 spiro atoms. The first-order chi connectivity index (χ1) is 8.90. The normalized spacial score (nSPS) is 10.2. The minimum absolute atomic E-state index is 0.133. The van der Waals surface area contributed by atoms with E-state index in [9.17, 15) is 22.8 Å². The van der Waals surface area contributed by atoms with Crippen molar-refractivity contribution >= 4 is 11.9 Å². The van der Waals surface area contributed by atoms with Crippen molar-refractivity contribution in [1.82, 2.24) is 4.90 Å². The van der Waals surface area contributed by atoms with Gasteiger partial charge in [0.25, 0.3) is 5.91 Å². The van der Waals surface area contributed by atoms with Crippen LogP contribution in [0.1, 0.15) is 17.3 Å². The molecule has 7 heteroatoms. The van der Waals surface area contributed by atoms with Gasteiger partial charge in [-0.3, -0.25) is 9.59 Å². The van der Waals surface area contributed by atoms with Gasteiger partial charge in [-0.1, -0.05) is 0 Å². The van der Waals surface area contributed by atoms with E-state index in [4.69, 9.17) is 0 Å². The van der Waals surface area contributed by atoms with Gasteiger partial charge in [0, 0.05) is 12.1 Å². The van der Waals surface area contributed by atoms with Crippen LogP contribution in [0.3, 0.4) is 0 Å². The van der Waals surface area contributed by atoms with Crippen LogP contribution in [0, 0.1) is 17.5 Å². The number of ether oxygens (including phenoxy) is 1. The number of hydrogen-bond donors (Lipinski definition) is 0. The molecule has 19 heavy (non-hydrogen) atoms. The van der Waals surface area contributed by atoms with Gasteiger partial charge in [0.1, 0.15) is 6.54 Å². The quantitative estimate of drug-likeness (QED) is 0.621. The van der Waals surface area contributed by atoms with Crippen molar-refractivity contribution in [1.29, 1.82) is 0 Å². The van der Waals surface area contributed by atoms with E-state index in [0.717, 1.165) is 12.0 Å². The van der Waals surface area contributed by atoms with Gasteiger partial charge in [-0.15, -0.1) is 0 Å². The van der Waals surface area contributed by atoms with Crippen LogP contribution in [0.15, 0.2) is 12.1 Å². The highest BCUT2D eigenvalue weighted by Crippen LogP contribution is 2.15. The molecule has 1 amide bonds. The lowest BCUT2D eigenvalue weighted by atomic mass is 10.1. The summed E-state index contributed by atoms with van der Waals surface area (Å²) < 4.78 is 43.2. The minimum Gasteiger partial charge on any atom is -0.468 e. The summed E-state index contributed by atoms with van der Waals surface area (Å²) in [6, 6.07) is 1.17. The number of benzene rings is 1. The molecule has 0 N–H and O–H groups in total. The molecular formula is C12H12F3NO3. The summed E-state index contributed by atoms with van der Waals surface area (Å²) in [6.07, 6.45) is 0. The number of halogens is 3. The summed E-state index contributed by atoms with van der Waals surface area (Å²) in [5.41, 5.74) is -0.373. The molecule has 0 heterocycles. The molecule has 0 aliphatic heterocycles. The van der Waals surface area contributed by atoms with Crippen LogP contribution >= 0.6 is 0 Å². The van der Waals surface area contributed by atoms with Crippen molar-refractivity contribution < 1.29 is 27.5 Å². The molecule has 0 saturated heterocycles. The molecule has 1 rings (SSSR count). The van der Waals surface area contributed by atoms with E-state index < -0.39 is 29.3 Å². The van der Waals surface area contributed by atoms with Crippen LogP contribution in [-0.4, -0.2) is 37.0 Å². The molecule has 0 aromatic heterocycles. The summed E-state index contributed by atoms with van der Waals surface area (Å²) in [5.74, 6) is -6.02. The standard InChI is InChI=1S/C12H12F3NO3/c1-3-16(6-10(17)19-2)12(18)7-4-8(13)11(15)9(14)5-7/h4-5H,3,6H2,1-2H3. The topological polar surface area (TPSA) is 46.6 Å². The molecule has 0 fully saturated rings. The number of likely N-dealkylation sites (N-methyl/N-ethyl adjacent to an activating group) is 1. The molecule has 0 aliphatic carbocycles. The molecule has 104 valence electrons. The summed E-state index contributed by atoms with van der Waals surface area (Å²) in [6.45, 7) is 1.36. The molecule has 0 atom stereocenters. The van der Waals surface area contributed by atoms with E-state index >= 15 is 0 Å². The average Bonchev–Trinajstić information content (AvgIpc) is 2.40. The molecule has 1 aromatic rings. The number of nitrogens with zero attached hydrogens (tertiary/aromatic N) is 1. The van der Waals surface area contributed by atoms with Crippen LogP contribution in [0.2, 0.25) is 0 Å². The van der Waals surface area contributed by atoms with Crippen LogP contribution in [0.4, 0.5) is 13.2 Å². The van der Waals surface area contributed by atoms with Gasteiger partial charge in [-0.25, -0.2) is 13.2 Å². The van der Waals surface area contributed by atoms with E-state index in [0.29, 0.717) is 12.1 Å². The summed E-state index contributed by atoms with van der Waals surface area (Å²) in [7, 11) is 1.15. The average molecular weight is 275 g/mol. The first-order valence-corrected chi connectivity index (χ1v) is 5.41. The smallest absolute Gasteiger partial charge is 0.325 e. The second kappa shape index (κ2) is 6.21. The first kappa shape index (κ1) is 15.0. The van der Waals surface area contributed by atoms with Crippen LogP contribution < -0.4 is 0 Å². The molecular weight excluding hydrogens is 263 g/mol. The lowest BCUT2D eigenvalue weighted by Crippen LogP contribution is -2.36. The lowest BCUT2D eigenvalue weighted by molar-refractivity contribution is -0.141. The minimum atomic E-state index is -1.65. The van der Waals surface area contributed by atoms with Gasteiger partial charge in [0.15, 0.2) is 17.5 Å². The van der Waals surface area contributed by atoms with Gasteiger partial charge >= 0.3 is 5.97 Å². The Balaban J connectivity index is 3.01. The monoisotopic (exact) mass is 275 g/mol. The Morgan fingerprint density at radius 2 is 1.74 bits per heavy atom. The number of rotatable bonds is 4. The third-order valence-electron chi connectivity index (χ3n) is 2.45. The first-order valence-electron chi connectivity index (χ1n) is 5.41. The van der Waals surface area contributed by atoms with Crippen molar-refractivity contribution in [2.45, 2.75) is 6.92 Å². The van der Waals surface area contributed by atoms with Crippen LogP contribution in [0.5, 0.6) is 0 Å². The number of methoxy groups -OCH3 is 1. The molecule has 0 radical (unpaired) electrons. The highest BCUT2D eigenvalue weighted by atomic mass is 19.2. The lowest BCUT2D eigenvalue weighted by Gasteiger charge is -2.19. The summed E-state index contributed by atoms with van der Waals surface area (Å²) in [5, 5.41) is 0. The molecule has 0 aliphatic rings. The number of amides is 1. The molecule has 0 unspecified atom stereocenters. The van der Waals surface area contributed by atoms with Gasteiger partial charge in [0.05, 0.1) is 7.11 Å². The number of carbonyl (C=O) groups excluding carboxylic acids is 2. The van der Waals surface area contributed by atoms with E-state index in [1.54, 1.807) is 6.92 Å². The molecule has 4 nitrogen and oxygen atoms in total. The maximum absolute atomic E-state index is 13.0. The molecule has 1 aromatic carbocycles. The van der Waals surface area contributed by atoms with E-state index in [2.05, 4.69) is 4.74 Å². The second-order valence-corrected chi connectivity index (χ2v) is 3.65. The fourth-order valence-corrected chi connectivity index (χ4v) is 1.41. The second-order valence-electron chi connectivity index (χ2n) is 3.65. The predicted molar refractivity (Wildman–Crippen MR) is 59.9 cm³/mol. The third-order valence-corrected chi connectivity index (χ3v) is 2.45. The Morgan fingerprint density at radius 1 is 1.21 bits per heavy atom. The third kappa shape index (κ3) is 3.46. The summed E-state index contributed by atoms with van der Waals surface area (Å²) >= 11 is 0. The van der Waals surface area contributed by atoms with Crippen LogP contribution in [-0.2, 0) is 9.53 Å². The fourth-order valence-electron chi connectivity index (χ4n) is 1.41. The zero-order valence-electron chi connectivity index (χ0n) is 10.4. The van der Waals surface area contributed by atoms with Crippen LogP contribution in [0.25, 0.3) is 0 Å². The summed E-state index contributed by atoms with van der Waals surface area (Å²) in [4.78, 5) is 24.0. The van der Waals surface area contributed by atoms with Gasteiger partial charge < -0.3 is 9.64 Å². The number of esters is 1. The van der Waals surface area contributed by atoms with Crippen molar-refractivity contribution in [3.8, 4) is 0 Å². The number of carbonyl (C=O) groups is 2. The van der Waals surface area contributed by atoms with E-state index in [-0.39, 0.29) is 18.7 Å². The van der Waals surface area contributed by atoms with Gasteiger partial charge in [0.2, 0.25) is 0 Å². The Kier molecular flexibility index (Phi) is 4.91. The number of hydrogen-bond acceptors (Lipinski definition) is 3. The SMILES string of the molecule is CCN(CC(=O)OC)C(=O)c1cc(F)c(F)c(F)c1. The highest BCUT2D eigenvalue weighted by molar-refractivity contribution is 5.96. The van der Waals surface area contributed by atoms with Crippen molar-refractivity contribution in [2.24, 2.45) is 0 Å². The van der Waals surface area contributed by atoms with E-state index in [1.807, 2.05) is 0 Å². The zero-order chi connectivity index (χ0) is 14.6. The highest BCUT2D eigenvalue weighted by Gasteiger charge is 2.21. The maximum atomic E-state index is 13.0. The Hall–Kier alpha value is -2.05. The predicted octanol–water partition coefficient (Wildman–Crippen LogP) is 1.74. The fraction of sp³-hybridized carbons (Fsp3) is 0.333. The van der Waals surface area contributed by atoms with Crippen molar-refractivity contribution in [3.63, 3.8) is 0 Å². The Labute approximate surface area is 107 Å². The molecule has 0 saturated carbocycles. The van der Waals surface area contributed by atoms with E-state index in [1.165, 1.54) is 0 Å². The van der Waals surface area contributed by atoms with Gasteiger partial charge in [-0.2, -0.15) is 0 Å².